The minimum atomic E-state index is -1.23. The zero-order valence-electron chi connectivity index (χ0n) is 23.8. The highest BCUT2D eigenvalue weighted by Crippen LogP contribution is 2.35. The molecule has 11 heteroatoms. The number of amides is 2. The van der Waals surface area contributed by atoms with Crippen molar-refractivity contribution in [3.8, 4) is 11.5 Å². The number of H-pyrrole nitrogens is 1. The van der Waals surface area contributed by atoms with E-state index in [-0.39, 0.29) is 29.7 Å². The number of nitrogens with one attached hydrogen (secondary N) is 3. The van der Waals surface area contributed by atoms with Crippen LogP contribution < -0.4 is 10.6 Å². The Morgan fingerprint density at radius 1 is 1.12 bits per heavy atom. The third-order valence-corrected chi connectivity index (χ3v) is 8.68. The molecular formula is C31H36F2N6O3. The summed E-state index contributed by atoms with van der Waals surface area (Å²) in [6.45, 7) is 5.51. The second kappa shape index (κ2) is 11.4. The summed E-state index contributed by atoms with van der Waals surface area (Å²) in [4.78, 5) is 35.1. The summed E-state index contributed by atoms with van der Waals surface area (Å²) in [5.74, 6) is -0.610. The van der Waals surface area contributed by atoms with E-state index in [1.54, 1.807) is 17.0 Å². The predicted molar refractivity (Wildman–Crippen MR) is 156 cm³/mol. The number of imidazole rings is 1. The summed E-state index contributed by atoms with van der Waals surface area (Å²) in [6, 6.07) is 8.45. The molecule has 4 heterocycles. The Bertz CT molecular complexity index is 1640. The van der Waals surface area contributed by atoms with Crippen molar-refractivity contribution in [2.24, 2.45) is 5.92 Å². The number of aromatic nitrogens is 3. The molecule has 0 radical (unpaired) electrons. The summed E-state index contributed by atoms with van der Waals surface area (Å²) in [6.07, 6.45) is 3.14. The third kappa shape index (κ3) is 5.33. The lowest BCUT2D eigenvalue weighted by Gasteiger charge is -2.31. The molecule has 2 amide bonds. The van der Waals surface area contributed by atoms with Crippen LogP contribution in [0.2, 0.25) is 0 Å². The molecule has 2 fully saturated rings. The monoisotopic (exact) mass is 578 g/mol. The lowest BCUT2D eigenvalue weighted by Crippen LogP contribution is -2.52. The van der Waals surface area contributed by atoms with Crippen molar-refractivity contribution in [1.82, 2.24) is 30.1 Å². The van der Waals surface area contributed by atoms with Crippen molar-refractivity contribution in [2.45, 2.75) is 70.6 Å². The Kier molecular flexibility index (Phi) is 7.61. The van der Waals surface area contributed by atoms with Crippen LogP contribution in [0.15, 0.2) is 36.4 Å². The average Bonchev–Trinajstić information content (AvgIpc) is 3.74. The van der Waals surface area contributed by atoms with Gasteiger partial charge in [-0.25, -0.2) is 18.6 Å². The molecule has 0 spiro atoms. The Morgan fingerprint density at radius 2 is 1.90 bits per heavy atom. The number of carbonyl (C=O) groups is 2. The Hall–Kier alpha value is -3.99. The summed E-state index contributed by atoms with van der Waals surface area (Å²) in [5.41, 5.74) is 3.66. The van der Waals surface area contributed by atoms with Crippen molar-refractivity contribution in [1.29, 1.82) is 0 Å². The molecule has 3 atom stereocenters. The number of carboxylic acid groups (broad SMARTS) is 1. The number of rotatable bonds is 8. The van der Waals surface area contributed by atoms with Gasteiger partial charge in [-0.2, -0.15) is 0 Å². The third-order valence-electron chi connectivity index (χ3n) is 8.68. The fourth-order valence-corrected chi connectivity index (χ4v) is 6.64. The van der Waals surface area contributed by atoms with Crippen molar-refractivity contribution in [3.63, 3.8) is 0 Å². The highest BCUT2D eigenvalue weighted by Gasteiger charge is 2.36. The Balaban J connectivity index is 1.44. The molecule has 222 valence electrons. The van der Waals surface area contributed by atoms with Crippen LogP contribution in [0.25, 0.3) is 33.5 Å². The minimum Gasteiger partial charge on any atom is -0.465 e. The molecule has 2 aliphatic heterocycles. The van der Waals surface area contributed by atoms with E-state index in [4.69, 9.17) is 4.98 Å². The number of aromatic amines is 1. The maximum absolute atomic E-state index is 14.4. The van der Waals surface area contributed by atoms with E-state index in [0.717, 1.165) is 60.8 Å². The van der Waals surface area contributed by atoms with E-state index in [9.17, 15) is 23.5 Å². The lowest BCUT2D eigenvalue weighted by atomic mass is 10.0. The first-order valence-corrected chi connectivity index (χ1v) is 14.7. The van der Waals surface area contributed by atoms with E-state index in [1.165, 1.54) is 24.3 Å². The maximum atomic E-state index is 14.4. The van der Waals surface area contributed by atoms with Crippen LogP contribution in [-0.2, 0) is 17.8 Å². The van der Waals surface area contributed by atoms with E-state index in [1.807, 2.05) is 18.4 Å². The van der Waals surface area contributed by atoms with E-state index >= 15 is 0 Å². The number of likely N-dealkylation sites (tertiary alicyclic amines) is 1. The quantitative estimate of drug-likeness (QED) is 0.234. The van der Waals surface area contributed by atoms with Gasteiger partial charge in [0.25, 0.3) is 0 Å². The smallest absolute Gasteiger partial charge is 0.405 e. The molecule has 2 aromatic heterocycles. The molecule has 0 aliphatic carbocycles. The molecule has 2 aromatic carbocycles. The molecule has 2 saturated heterocycles. The van der Waals surface area contributed by atoms with Crippen LogP contribution in [0.3, 0.4) is 0 Å². The minimum absolute atomic E-state index is 0.211. The number of hydrogen-bond donors (Lipinski definition) is 4. The van der Waals surface area contributed by atoms with Gasteiger partial charge in [-0.1, -0.05) is 13.8 Å². The second-order valence-electron chi connectivity index (χ2n) is 11.8. The molecule has 6 rings (SSSR count). The lowest BCUT2D eigenvalue weighted by molar-refractivity contribution is -0.135. The van der Waals surface area contributed by atoms with Gasteiger partial charge in [0.15, 0.2) is 5.82 Å². The molecule has 4 aromatic rings. The first-order valence-electron chi connectivity index (χ1n) is 14.7. The number of hydrogen-bond acceptors (Lipinski definition) is 4. The number of carbonyl (C=O) groups excluding carboxylic acids is 1. The fraction of sp³-hybridized carbons (Fsp3) is 0.452. The van der Waals surface area contributed by atoms with Crippen LogP contribution in [0, 0.1) is 17.6 Å². The first-order chi connectivity index (χ1) is 20.2. The van der Waals surface area contributed by atoms with Gasteiger partial charge >= 0.3 is 6.09 Å². The zero-order chi connectivity index (χ0) is 29.5. The van der Waals surface area contributed by atoms with Crippen LogP contribution in [-0.4, -0.2) is 67.8 Å². The second-order valence-corrected chi connectivity index (χ2v) is 11.8. The summed E-state index contributed by atoms with van der Waals surface area (Å²) >= 11 is 0. The molecule has 4 N–H and O–H groups in total. The first kappa shape index (κ1) is 28.1. The Labute approximate surface area is 242 Å². The van der Waals surface area contributed by atoms with Gasteiger partial charge in [-0.15, -0.1) is 0 Å². The predicted octanol–water partition coefficient (Wildman–Crippen LogP) is 5.04. The van der Waals surface area contributed by atoms with Crippen molar-refractivity contribution >= 4 is 33.9 Å². The molecule has 2 aliphatic rings. The van der Waals surface area contributed by atoms with Gasteiger partial charge in [0.1, 0.15) is 17.7 Å². The SMILES string of the molecule is CC(C)[C@H](NC(=O)O)C(=O)N1CCC[C@H]1Cn1c(-c2[nH]c3cc(F)ccc3c2C[C@@H]2CCCN2)nc2cc(F)ccc21. The maximum Gasteiger partial charge on any atom is 0.405 e. The van der Waals surface area contributed by atoms with E-state index in [2.05, 4.69) is 15.6 Å². The highest BCUT2D eigenvalue weighted by molar-refractivity contribution is 5.92. The van der Waals surface area contributed by atoms with Crippen LogP contribution in [0.5, 0.6) is 0 Å². The van der Waals surface area contributed by atoms with E-state index < -0.39 is 18.0 Å². The van der Waals surface area contributed by atoms with Gasteiger partial charge in [0, 0.05) is 42.1 Å². The average molecular weight is 579 g/mol. The summed E-state index contributed by atoms with van der Waals surface area (Å²) < 4.78 is 30.7. The molecule has 0 unspecified atom stereocenters. The molecule has 0 bridgehead atoms. The highest BCUT2D eigenvalue weighted by atomic mass is 19.1. The molecular weight excluding hydrogens is 542 g/mol. The molecule has 42 heavy (non-hydrogen) atoms. The summed E-state index contributed by atoms with van der Waals surface area (Å²) in [5, 5.41) is 16.2. The normalized spacial score (nSPS) is 19.8. The van der Waals surface area contributed by atoms with Crippen LogP contribution in [0.4, 0.5) is 13.6 Å². The van der Waals surface area contributed by atoms with Gasteiger partial charge in [0.05, 0.1) is 16.7 Å². The van der Waals surface area contributed by atoms with Gasteiger partial charge in [0.2, 0.25) is 5.91 Å². The number of fused-ring (bicyclic) bond motifs is 2. The topological polar surface area (TPSA) is 115 Å². The van der Waals surface area contributed by atoms with E-state index in [0.29, 0.717) is 29.9 Å². The zero-order valence-corrected chi connectivity index (χ0v) is 23.8. The largest absolute Gasteiger partial charge is 0.465 e. The van der Waals surface area contributed by atoms with Gasteiger partial charge in [-0.3, -0.25) is 4.79 Å². The standard InChI is InChI=1S/C31H36F2N6O3/c1-17(2)27(37-31(41)42)30(40)38-12-4-6-21(38)16-39-26-10-8-19(33)14-25(26)36-29(39)28-23(15-20-5-3-11-34-20)22-9-7-18(32)13-24(22)35-28/h7-10,13-14,17,20-21,27,34-35,37H,3-6,11-12,15-16H2,1-2H3,(H,41,42)/t20-,21-,27-/m0/s1. The molecule has 0 saturated carbocycles. The van der Waals surface area contributed by atoms with Crippen LogP contribution in [0.1, 0.15) is 45.1 Å². The summed E-state index contributed by atoms with van der Waals surface area (Å²) in [7, 11) is 0. The van der Waals surface area contributed by atoms with Crippen molar-refractivity contribution < 1.29 is 23.5 Å². The fourth-order valence-electron chi connectivity index (χ4n) is 6.64. The number of nitrogens with zero attached hydrogens (tertiary/aromatic N) is 3. The Morgan fingerprint density at radius 3 is 2.64 bits per heavy atom. The number of halogens is 2. The van der Waals surface area contributed by atoms with Crippen LogP contribution >= 0.6 is 0 Å². The van der Waals surface area contributed by atoms with Crippen molar-refractivity contribution in [3.05, 3.63) is 53.6 Å². The van der Waals surface area contributed by atoms with Crippen molar-refractivity contribution in [2.75, 3.05) is 13.1 Å². The van der Waals surface area contributed by atoms with Gasteiger partial charge < -0.3 is 30.2 Å². The number of benzene rings is 2. The molecule has 9 nitrogen and oxygen atoms in total. The van der Waals surface area contributed by atoms with Gasteiger partial charge in [-0.05, 0) is 80.5 Å².